The summed E-state index contributed by atoms with van der Waals surface area (Å²) in [5.74, 6) is 1.04. The largest absolute Gasteiger partial charge is 0.491 e. The van der Waals surface area contributed by atoms with Crippen LogP contribution in [-0.4, -0.2) is 51.4 Å². The number of benzene rings is 1. The zero-order valence-corrected chi connectivity index (χ0v) is 12.9. The molecule has 0 aromatic heterocycles. The van der Waals surface area contributed by atoms with Crippen molar-refractivity contribution in [2.45, 2.75) is 32.0 Å². The molecule has 0 radical (unpaired) electrons. The summed E-state index contributed by atoms with van der Waals surface area (Å²) in [6.07, 6.45) is -0.714. The fraction of sp³-hybridized carbons (Fsp3) is 0.533. The number of fused-ring (bicyclic) bond motifs is 1. The lowest BCUT2D eigenvalue weighted by Crippen LogP contribution is -2.51. The van der Waals surface area contributed by atoms with Crippen LogP contribution >= 0.6 is 11.8 Å². The van der Waals surface area contributed by atoms with Gasteiger partial charge in [0.15, 0.2) is 0 Å². The first-order valence-corrected chi connectivity index (χ1v) is 8.13. The van der Waals surface area contributed by atoms with Crippen molar-refractivity contribution < 1.29 is 19.7 Å². The molecule has 21 heavy (non-hydrogen) atoms. The molecule has 1 fully saturated rings. The van der Waals surface area contributed by atoms with E-state index in [1.165, 1.54) is 0 Å². The Hall–Kier alpha value is -1.24. The Morgan fingerprint density at radius 2 is 2.10 bits per heavy atom. The third-order valence-corrected chi connectivity index (χ3v) is 5.38. The van der Waals surface area contributed by atoms with E-state index in [-0.39, 0.29) is 6.04 Å². The van der Waals surface area contributed by atoms with Crippen LogP contribution in [0.4, 0.5) is 0 Å². The normalized spacial score (nSPS) is 29.0. The number of ether oxygens (including phenoxy) is 1. The lowest BCUT2D eigenvalue weighted by Gasteiger charge is -2.37. The first-order chi connectivity index (χ1) is 9.99. The van der Waals surface area contributed by atoms with Gasteiger partial charge in [-0.25, -0.2) is 0 Å². The molecule has 3 atom stereocenters. The lowest BCUT2D eigenvalue weighted by atomic mass is 9.94. The summed E-state index contributed by atoms with van der Waals surface area (Å²) in [7, 11) is 0. The number of aliphatic hydroxyl groups excluding tert-OH is 1. The topological polar surface area (TPSA) is 70.0 Å². The van der Waals surface area contributed by atoms with E-state index in [1.54, 1.807) is 11.8 Å². The number of nitrogens with zero attached hydrogens (tertiary/aromatic N) is 1. The van der Waals surface area contributed by atoms with Gasteiger partial charge in [-0.15, -0.1) is 11.8 Å². The van der Waals surface area contributed by atoms with Gasteiger partial charge in [0.05, 0.1) is 6.04 Å². The first kappa shape index (κ1) is 14.7. The molecule has 1 saturated heterocycles. The highest BCUT2D eigenvalue weighted by Gasteiger charge is 2.42. The number of aryl methyl sites for hydroxylation is 2. The van der Waals surface area contributed by atoms with Gasteiger partial charge in [0.25, 0.3) is 0 Å². The fourth-order valence-corrected chi connectivity index (χ4v) is 4.16. The minimum Gasteiger partial charge on any atom is -0.491 e. The first-order valence-electron chi connectivity index (χ1n) is 6.97. The van der Waals surface area contributed by atoms with Gasteiger partial charge in [0.1, 0.15) is 24.5 Å². The molecule has 1 aromatic carbocycles. The molecule has 2 N–H and O–H groups in total. The number of thioether (sulfide) groups is 1. The second-order valence-electron chi connectivity index (χ2n) is 5.67. The molecule has 3 unspecified atom stereocenters. The Bertz CT molecular complexity index is 577. The summed E-state index contributed by atoms with van der Waals surface area (Å²) in [4.78, 5) is 13.2. The second-order valence-corrected chi connectivity index (χ2v) is 6.67. The van der Waals surface area contributed by atoms with Crippen LogP contribution in [0.5, 0.6) is 5.75 Å². The van der Waals surface area contributed by atoms with Crippen LogP contribution in [0.3, 0.4) is 0 Å². The average molecular weight is 309 g/mol. The number of aliphatic hydroxyl groups is 1. The van der Waals surface area contributed by atoms with Crippen LogP contribution < -0.4 is 4.74 Å². The fourth-order valence-electron chi connectivity index (χ4n) is 2.91. The molecular weight excluding hydrogens is 290 g/mol. The molecule has 0 spiro atoms. The maximum absolute atomic E-state index is 11.3. The Kier molecular flexibility index (Phi) is 3.86. The molecule has 0 amide bonds. The van der Waals surface area contributed by atoms with Crippen molar-refractivity contribution in [3.8, 4) is 5.75 Å². The van der Waals surface area contributed by atoms with Gasteiger partial charge in [-0.1, -0.05) is 0 Å². The monoisotopic (exact) mass is 309 g/mol. The third-order valence-electron chi connectivity index (χ3n) is 4.35. The SMILES string of the molecule is Cc1cc2c(cc1C)C(O)C(N1CSCC1C(=O)O)CO2. The minimum atomic E-state index is -0.835. The number of aliphatic carboxylic acids is 1. The molecule has 0 aliphatic carbocycles. The standard InChI is InChI=1S/C15H19NO4S/c1-8-3-10-13(4-9(8)2)20-5-11(14(10)17)16-7-21-6-12(16)15(18)19/h3-4,11-12,14,17H,5-7H2,1-2H3,(H,18,19). The molecular formula is C15H19NO4S. The van der Waals surface area contributed by atoms with E-state index in [0.29, 0.717) is 24.0 Å². The predicted octanol–water partition coefficient (Wildman–Crippen LogP) is 1.56. The highest BCUT2D eigenvalue weighted by molar-refractivity contribution is 7.99. The van der Waals surface area contributed by atoms with Crippen molar-refractivity contribution in [3.05, 3.63) is 28.8 Å². The van der Waals surface area contributed by atoms with Crippen LogP contribution in [0.2, 0.25) is 0 Å². The van der Waals surface area contributed by atoms with E-state index in [2.05, 4.69) is 0 Å². The van der Waals surface area contributed by atoms with Crippen molar-refractivity contribution in [1.82, 2.24) is 4.90 Å². The number of carboxylic acid groups (broad SMARTS) is 1. The van der Waals surface area contributed by atoms with E-state index in [9.17, 15) is 15.0 Å². The smallest absolute Gasteiger partial charge is 0.321 e. The summed E-state index contributed by atoms with van der Waals surface area (Å²) in [6.45, 7) is 4.33. The maximum Gasteiger partial charge on any atom is 0.321 e. The summed E-state index contributed by atoms with van der Waals surface area (Å²) in [6, 6.07) is 3.03. The van der Waals surface area contributed by atoms with Crippen LogP contribution in [0.1, 0.15) is 22.8 Å². The molecule has 3 rings (SSSR count). The summed E-state index contributed by atoms with van der Waals surface area (Å²) in [5, 5.41) is 20.0. The molecule has 2 aliphatic rings. The summed E-state index contributed by atoms with van der Waals surface area (Å²) >= 11 is 1.58. The average Bonchev–Trinajstić information content (AvgIpc) is 2.91. The molecule has 0 bridgehead atoms. The Morgan fingerprint density at radius 1 is 1.38 bits per heavy atom. The zero-order valence-electron chi connectivity index (χ0n) is 12.1. The number of hydrogen-bond acceptors (Lipinski definition) is 5. The Labute approximate surface area is 127 Å². The molecule has 5 nitrogen and oxygen atoms in total. The van der Waals surface area contributed by atoms with Crippen molar-refractivity contribution in [2.24, 2.45) is 0 Å². The Balaban J connectivity index is 1.90. The van der Waals surface area contributed by atoms with Crippen LogP contribution in [0, 0.1) is 13.8 Å². The van der Waals surface area contributed by atoms with Gasteiger partial charge in [0, 0.05) is 17.2 Å². The van der Waals surface area contributed by atoms with Gasteiger partial charge in [-0.05, 0) is 37.1 Å². The molecule has 2 heterocycles. The van der Waals surface area contributed by atoms with Crippen molar-refractivity contribution in [2.75, 3.05) is 18.2 Å². The highest BCUT2D eigenvalue weighted by atomic mass is 32.2. The minimum absolute atomic E-state index is 0.310. The van der Waals surface area contributed by atoms with Gasteiger partial charge in [-0.3, -0.25) is 9.69 Å². The number of carboxylic acids is 1. The van der Waals surface area contributed by atoms with Gasteiger partial charge < -0.3 is 14.9 Å². The number of rotatable bonds is 2. The van der Waals surface area contributed by atoms with Gasteiger partial charge in [-0.2, -0.15) is 0 Å². The van der Waals surface area contributed by atoms with Crippen molar-refractivity contribution in [1.29, 1.82) is 0 Å². The van der Waals surface area contributed by atoms with E-state index >= 15 is 0 Å². The molecule has 6 heteroatoms. The van der Waals surface area contributed by atoms with Crippen molar-refractivity contribution in [3.63, 3.8) is 0 Å². The summed E-state index contributed by atoms with van der Waals surface area (Å²) < 4.78 is 5.78. The molecule has 1 aromatic rings. The Morgan fingerprint density at radius 3 is 2.81 bits per heavy atom. The number of carbonyl (C=O) groups is 1. The van der Waals surface area contributed by atoms with E-state index in [4.69, 9.17) is 4.74 Å². The number of hydrogen-bond donors (Lipinski definition) is 2. The zero-order chi connectivity index (χ0) is 15.1. The van der Waals surface area contributed by atoms with Crippen molar-refractivity contribution >= 4 is 17.7 Å². The van der Waals surface area contributed by atoms with E-state index < -0.39 is 18.1 Å². The highest BCUT2D eigenvalue weighted by Crippen LogP contribution is 2.38. The quantitative estimate of drug-likeness (QED) is 0.864. The van der Waals surface area contributed by atoms with Crippen LogP contribution in [0.15, 0.2) is 12.1 Å². The lowest BCUT2D eigenvalue weighted by molar-refractivity contribution is -0.144. The van der Waals surface area contributed by atoms with Crippen LogP contribution in [0.25, 0.3) is 0 Å². The van der Waals surface area contributed by atoms with Crippen LogP contribution in [-0.2, 0) is 4.79 Å². The third kappa shape index (κ3) is 2.52. The van der Waals surface area contributed by atoms with Gasteiger partial charge in [0.2, 0.25) is 0 Å². The maximum atomic E-state index is 11.3. The van der Waals surface area contributed by atoms with E-state index in [0.717, 1.165) is 16.7 Å². The van der Waals surface area contributed by atoms with E-state index in [1.807, 2.05) is 30.9 Å². The molecule has 0 saturated carbocycles. The second kappa shape index (κ2) is 5.51. The predicted molar refractivity (Wildman–Crippen MR) is 80.7 cm³/mol. The van der Waals surface area contributed by atoms with Gasteiger partial charge >= 0.3 is 5.97 Å². The summed E-state index contributed by atoms with van der Waals surface area (Å²) in [5.41, 5.74) is 2.98. The molecule has 114 valence electrons. The molecule has 2 aliphatic heterocycles.